The molecule has 0 amide bonds. The molecule has 0 atom stereocenters. The average molecular weight is 253 g/mol. The normalized spacial score (nSPS) is 16.1. The fourth-order valence-corrected chi connectivity index (χ4v) is 2.57. The van der Waals surface area contributed by atoms with Crippen LogP contribution in [0, 0.1) is 4.91 Å². The highest BCUT2D eigenvalue weighted by Gasteiger charge is 2.17. The van der Waals surface area contributed by atoms with Crippen LogP contribution in [-0.2, 0) is 0 Å². The Morgan fingerprint density at radius 1 is 1.29 bits per heavy atom. The van der Waals surface area contributed by atoms with Gasteiger partial charge in [0.05, 0.1) is 4.91 Å². The Bertz CT molecular complexity index is 468. The number of hydrogen-bond acceptors (Lipinski definition) is 1. The van der Waals surface area contributed by atoms with Crippen LogP contribution < -0.4 is 0 Å². The Balaban J connectivity index is 2.41. The van der Waals surface area contributed by atoms with Crippen molar-refractivity contribution in [3.63, 3.8) is 0 Å². The molecule has 0 unspecified atom stereocenters. The van der Waals surface area contributed by atoms with Crippen LogP contribution in [0.5, 0.6) is 0 Å². The van der Waals surface area contributed by atoms with Crippen LogP contribution in [-0.4, -0.2) is 16.0 Å². The largest absolute Gasteiger partial charge is 0.317 e. The third-order valence-corrected chi connectivity index (χ3v) is 3.48. The van der Waals surface area contributed by atoms with Gasteiger partial charge in [-0.2, -0.15) is 0 Å². The maximum Gasteiger partial charge on any atom is 0.317 e. The van der Waals surface area contributed by atoms with E-state index in [1.165, 1.54) is 17.6 Å². The minimum absolute atomic E-state index is 0.104. The summed E-state index contributed by atoms with van der Waals surface area (Å²) >= 11 is 5.95. The van der Waals surface area contributed by atoms with Gasteiger partial charge in [-0.1, -0.05) is 17.7 Å². The van der Waals surface area contributed by atoms with Gasteiger partial charge in [-0.05, 0) is 36.8 Å². The molecule has 0 aliphatic heterocycles. The second-order valence-corrected chi connectivity index (χ2v) is 4.51. The number of halogens is 1. The SMILES string of the molecule is O=[N+](O)c1cccc(C2=C(CCl)CCCC2)c1. The van der Waals surface area contributed by atoms with Gasteiger partial charge in [-0.25, -0.2) is 5.21 Å². The minimum Gasteiger partial charge on any atom is -0.241 e. The van der Waals surface area contributed by atoms with E-state index < -0.39 is 0 Å². The van der Waals surface area contributed by atoms with Gasteiger partial charge in [-0.3, -0.25) is 0 Å². The van der Waals surface area contributed by atoms with Gasteiger partial charge < -0.3 is 0 Å². The van der Waals surface area contributed by atoms with Gasteiger partial charge >= 0.3 is 5.69 Å². The Morgan fingerprint density at radius 3 is 2.76 bits per heavy atom. The molecule has 0 heterocycles. The average Bonchev–Trinajstić information content (AvgIpc) is 2.39. The zero-order valence-electron chi connectivity index (χ0n) is 9.53. The van der Waals surface area contributed by atoms with Crippen LogP contribution in [0.2, 0.25) is 0 Å². The van der Waals surface area contributed by atoms with E-state index >= 15 is 0 Å². The smallest absolute Gasteiger partial charge is 0.241 e. The standard InChI is InChI=1S/C13H15ClNO2/c14-9-11-4-1-2-7-13(11)10-5-3-6-12(8-10)15(16)17/h3,5-6,8H,1-2,4,7,9H2,(H,16,17)/q+1. The number of alkyl halides is 1. The molecule has 90 valence electrons. The van der Waals surface area contributed by atoms with Gasteiger partial charge in [0.2, 0.25) is 0 Å². The van der Waals surface area contributed by atoms with Gasteiger partial charge in [0.25, 0.3) is 4.92 Å². The maximum absolute atomic E-state index is 10.9. The molecule has 4 heteroatoms. The summed E-state index contributed by atoms with van der Waals surface area (Å²) in [6.45, 7) is 0. The molecule has 0 saturated carbocycles. The minimum atomic E-state index is -0.104. The molecule has 2 rings (SSSR count). The summed E-state index contributed by atoms with van der Waals surface area (Å²) in [6.07, 6.45) is 4.36. The predicted octanol–water partition coefficient (Wildman–Crippen LogP) is 4.05. The first-order chi connectivity index (χ1) is 8.22. The second-order valence-electron chi connectivity index (χ2n) is 4.25. The molecule has 1 aromatic rings. The van der Waals surface area contributed by atoms with Crippen LogP contribution in [0.3, 0.4) is 0 Å². The van der Waals surface area contributed by atoms with E-state index in [0.717, 1.165) is 24.8 Å². The van der Waals surface area contributed by atoms with Crippen molar-refractivity contribution in [3.05, 3.63) is 40.3 Å². The van der Waals surface area contributed by atoms with Crippen molar-refractivity contribution in [2.45, 2.75) is 25.7 Å². The fourth-order valence-electron chi connectivity index (χ4n) is 2.28. The first-order valence-electron chi connectivity index (χ1n) is 5.76. The second kappa shape index (κ2) is 5.32. The molecule has 0 radical (unpaired) electrons. The van der Waals surface area contributed by atoms with E-state index in [4.69, 9.17) is 16.8 Å². The molecule has 1 aromatic carbocycles. The molecule has 0 spiro atoms. The summed E-state index contributed by atoms with van der Waals surface area (Å²) in [4.78, 5) is 10.8. The lowest BCUT2D eigenvalue weighted by atomic mass is 9.88. The van der Waals surface area contributed by atoms with Crippen LogP contribution >= 0.6 is 11.6 Å². The molecule has 1 N–H and O–H groups in total. The number of allylic oxidation sites excluding steroid dienone is 2. The van der Waals surface area contributed by atoms with Gasteiger partial charge in [0.1, 0.15) is 0 Å². The van der Waals surface area contributed by atoms with E-state index in [9.17, 15) is 4.91 Å². The molecule has 0 saturated heterocycles. The highest BCUT2D eigenvalue weighted by atomic mass is 35.5. The van der Waals surface area contributed by atoms with Crippen molar-refractivity contribution in [2.24, 2.45) is 0 Å². The van der Waals surface area contributed by atoms with Crippen LogP contribution in [0.15, 0.2) is 29.8 Å². The lowest BCUT2D eigenvalue weighted by Crippen LogP contribution is -2.01. The van der Waals surface area contributed by atoms with Crippen molar-refractivity contribution in [3.8, 4) is 0 Å². The zero-order chi connectivity index (χ0) is 12.3. The van der Waals surface area contributed by atoms with E-state index in [0.29, 0.717) is 5.88 Å². The lowest BCUT2D eigenvalue weighted by Gasteiger charge is -2.18. The van der Waals surface area contributed by atoms with Gasteiger partial charge in [-0.15, -0.1) is 11.6 Å². The molecule has 0 bridgehead atoms. The lowest BCUT2D eigenvalue weighted by molar-refractivity contribution is -0.729. The highest BCUT2D eigenvalue weighted by molar-refractivity contribution is 6.20. The third kappa shape index (κ3) is 2.67. The number of rotatable bonds is 3. The summed E-state index contributed by atoms with van der Waals surface area (Å²) in [5, 5.41) is 8.91. The van der Waals surface area contributed by atoms with Crippen LogP contribution in [0.1, 0.15) is 31.2 Å². The van der Waals surface area contributed by atoms with E-state index in [1.807, 2.05) is 6.07 Å². The third-order valence-electron chi connectivity index (χ3n) is 3.16. The van der Waals surface area contributed by atoms with Crippen LogP contribution in [0.25, 0.3) is 5.57 Å². The predicted molar refractivity (Wildman–Crippen MR) is 67.6 cm³/mol. The molecule has 0 fully saturated rings. The summed E-state index contributed by atoms with van der Waals surface area (Å²) in [5.41, 5.74) is 3.74. The van der Waals surface area contributed by atoms with Gasteiger partial charge in [0.15, 0.2) is 0 Å². The van der Waals surface area contributed by atoms with E-state index in [-0.39, 0.29) is 10.6 Å². The molecular formula is C13H15ClNO2+. The summed E-state index contributed by atoms with van der Waals surface area (Å²) in [7, 11) is 0. The number of hydrogen-bond donors (Lipinski definition) is 1. The summed E-state index contributed by atoms with van der Waals surface area (Å²) in [5.74, 6) is 0.541. The first kappa shape index (κ1) is 12.1. The van der Waals surface area contributed by atoms with E-state index in [2.05, 4.69) is 0 Å². The van der Waals surface area contributed by atoms with Crippen molar-refractivity contribution in [1.29, 1.82) is 0 Å². The molecule has 17 heavy (non-hydrogen) atoms. The number of benzene rings is 1. The Kier molecular flexibility index (Phi) is 3.79. The summed E-state index contributed by atoms with van der Waals surface area (Å²) < 4.78 is 0. The maximum atomic E-state index is 10.9. The van der Waals surface area contributed by atoms with Crippen molar-refractivity contribution in [1.82, 2.24) is 0 Å². The van der Waals surface area contributed by atoms with E-state index in [1.54, 1.807) is 18.2 Å². The summed E-state index contributed by atoms with van der Waals surface area (Å²) in [6, 6.07) is 7.03. The highest BCUT2D eigenvalue weighted by Crippen LogP contribution is 2.33. The molecule has 0 aromatic heterocycles. The molecular weight excluding hydrogens is 238 g/mol. The molecule has 1 aliphatic rings. The number of nitrogens with zero attached hydrogens (tertiary/aromatic N) is 1. The first-order valence-corrected chi connectivity index (χ1v) is 6.29. The molecule has 1 aliphatic carbocycles. The Morgan fingerprint density at radius 2 is 2.06 bits per heavy atom. The van der Waals surface area contributed by atoms with Crippen molar-refractivity contribution >= 4 is 22.9 Å². The zero-order valence-corrected chi connectivity index (χ0v) is 10.3. The van der Waals surface area contributed by atoms with Crippen molar-refractivity contribution < 1.29 is 10.1 Å². The van der Waals surface area contributed by atoms with Crippen LogP contribution in [0.4, 0.5) is 5.69 Å². The van der Waals surface area contributed by atoms with Gasteiger partial charge in [0, 0.05) is 18.0 Å². The monoisotopic (exact) mass is 252 g/mol. The Hall–Kier alpha value is -1.35. The quantitative estimate of drug-likeness (QED) is 0.651. The Labute approximate surface area is 105 Å². The molecule has 3 nitrogen and oxygen atoms in total. The van der Waals surface area contributed by atoms with Crippen molar-refractivity contribution in [2.75, 3.05) is 5.88 Å². The topological polar surface area (TPSA) is 40.3 Å². The fraction of sp³-hybridized carbons (Fsp3) is 0.385.